The fourth-order valence-electron chi connectivity index (χ4n) is 2.73. The molecule has 10 heteroatoms. The van der Waals surface area contributed by atoms with Gasteiger partial charge in [-0.2, -0.15) is 0 Å². The first kappa shape index (κ1) is 22.3. The van der Waals surface area contributed by atoms with Gasteiger partial charge in [-0.3, -0.25) is 9.52 Å². The summed E-state index contributed by atoms with van der Waals surface area (Å²) < 4.78 is 28.3. The first-order valence-electron chi connectivity index (χ1n) is 8.46. The molecule has 3 rings (SSSR count). The van der Waals surface area contributed by atoms with Crippen molar-refractivity contribution < 1.29 is 23.1 Å². The normalized spacial score (nSPS) is 11.3. The number of carboxylic acids is 1. The van der Waals surface area contributed by atoms with Crippen molar-refractivity contribution >= 4 is 62.0 Å². The minimum atomic E-state index is -4.11. The number of Topliss-reactive ketones (excluding diaryl/α,β-unsaturated/α-hetero) is 1. The Hall–Kier alpha value is -2.39. The average Bonchev–Trinajstić information content (AvgIpc) is 3.07. The number of hydrogen-bond acceptors (Lipinski definition) is 5. The number of nitrogens with one attached hydrogen (secondary N) is 1. The van der Waals surface area contributed by atoms with Gasteiger partial charge in [0.2, 0.25) is 0 Å². The van der Waals surface area contributed by atoms with E-state index in [2.05, 4.69) is 4.72 Å². The maximum atomic E-state index is 13.0. The minimum Gasteiger partial charge on any atom is -0.475 e. The Morgan fingerprint density at radius 3 is 2.23 bits per heavy atom. The zero-order valence-electron chi connectivity index (χ0n) is 15.7. The number of rotatable bonds is 6. The third-order valence-electron chi connectivity index (χ3n) is 4.25. The molecule has 0 bridgehead atoms. The highest BCUT2D eigenvalue weighted by Crippen LogP contribution is 2.37. The van der Waals surface area contributed by atoms with Crippen LogP contribution in [-0.2, 0) is 14.8 Å². The van der Waals surface area contributed by atoms with Gasteiger partial charge in [-0.15, -0.1) is 11.3 Å². The van der Waals surface area contributed by atoms with Crippen LogP contribution in [0.1, 0.15) is 20.8 Å². The van der Waals surface area contributed by atoms with Crippen molar-refractivity contribution in [1.82, 2.24) is 0 Å². The Bertz CT molecular complexity index is 1270. The molecule has 0 aliphatic rings. The summed E-state index contributed by atoms with van der Waals surface area (Å²) in [5, 5.41) is 10.1. The number of carboxylic acid groups (broad SMARTS) is 1. The van der Waals surface area contributed by atoms with Crippen molar-refractivity contribution in [3.63, 3.8) is 0 Å². The van der Waals surface area contributed by atoms with E-state index in [0.29, 0.717) is 31.6 Å². The van der Waals surface area contributed by atoms with Crippen molar-refractivity contribution in [2.24, 2.45) is 0 Å². The lowest BCUT2D eigenvalue weighted by atomic mass is 10.2. The molecule has 2 aromatic carbocycles. The summed E-state index contributed by atoms with van der Waals surface area (Å²) in [6, 6.07) is 11.0. The van der Waals surface area contributed by atoms with Crippen molar-refractivity contribution in [2.75, 3.05) is 4.72 Å². The first-order chi connectivity index (χ1) is 14.0. The monoisotopic (exact) mass is 483 g/mol. The lowest BCUT2D eigenvalue weighted by molar-refractivity contribution is -0.131. The van der Waals surface area contributed by atoms with Crippen LogP contribution in [0.2, 0.25) is 10.0 Å². The third-order valence-corrected chi connectivity index (χ3v) is 7.60. The molecule has 0 aliphatic heterocycles. The molecule has 0 unspecified atom stereocenters. The van der Waals surface area contributed by atoms with E-state index in [1.165, 1.54) is 18.2 Å². The lowest BCUT2D eigenvalue weighted by Crippen LogP contribution is -2.18. The van der Waals surface area contributed by atoms with E-state index in [1.807, 2.05) is 0 Å². The van der Waals surface area contributed by atoms with E-state index in [4.69, 9.17) is 28.3 Å². The highest BCUT2D eigenvalue weighted by molar-refractivity contribution is 7.92. The zero-order chi connectivity index (χ0) is 22.2. The summed E-state index contributed by atoms with van der Waals surface area (Å²) >= 11 is 12.8. The van der Waals surface area contributed by atoms with Gasteiger partial charge in [0.05, 0.1) is 10.6 Å². The van der Waals surface area contributed by atoms with Gasteiger partial charge >= 0.3 is 5.97 Å². The summed E-state index contributed by atoms with van der Waals surface area (Å²) in [5.74, 6) is -2.89. The molecule has 3 aromatic rings. The van der Waals surface area contributed by atoms with Crippen LogP contribution in [0.25, 0.3) is 10.4 Å². The molecular formula is C20H15Cl2NO5S2. The number of carbonyl (C=O) groups is 2. The highest BCUT2D eigenvalue weighted by Gasteiger charge is 2.27. The van der Waals surface area contributed by atoms with E-state index in [9.17, 15) is 18.0 Å². The predicted molar refractivity (Wildman–Crippen MR) is 118 cm³/mol. The third kappa shape index (κ3) is 4.52. The largest absolute Gasteiger partial charge is 0.475 e. The van der Waals surface area contributed by atoms with Gasteiger partial charge in [0.15, 0.2) is 0 Å². The second-order valence-corrected chi connectivity index (χ2v) is 10.0. The van der Waals surface area contributed by atoms with Gasteiger partial charge in [0.1, 0.15) is 4.88 Å². The summed E-state index contributed by atoms with van der Waals surface area (Å²) in [5.41, 5.74) is 1.53. The summed E-state index contributed by atoms with van der Waals surface area (Å²) in [6.07, 6.45) is 0. The number of aliphatic carboxylic acids is 1. The van der Waals surface area contributed by atoms with Gasteiger partial charge in [-0.05, 0) is 60.9 Å². The number of halogens is 2. The van der Waals surface area contributed by atoms with Gasteiger partial charge in [0, 0.05) is 14.9 Å². The molecule has 1 aromatic heterocycles. The Morgan fingerprint density at radius 2 is 1.63 bits per heavy atom. The number of aryl methyl sites for hydroxylation is 2. The highest BCUT2D eigenvalue weighted by atomic mass is 35.5. The van der Waals surface area contributed by atoms with Crippen molar-refractivity contribution in [2.45, 2.75) is 18.7 Å². The minimum absolute atomic E-state index is 0.0163. The van der Waals surface area contributed by atoms with Gasteiger partial charge < -0.3 is 5.11 Å². The van der Waals surface area contributed by atoms with Crippen LogP contribution in [0.15, 0.2) is 47.4 Å². The molecule has 0 atom stereocenters. The summed E-state index contributed by atoms with van der Waals surface area (Å²) in [4.78, 5) is 23.7. The number of benzene rings is 2. The molecule has 156 valence electrons. The van der Waals surface area contributed by atoms with Crippen LogP contribution >= 0.6 is 34.5 Å². The van der Waals surface area contributed by atoms with Gasteiger partial charge in [-0.25, -0.2) is 13.2 Å². The molecule has 2 N–H and O–H groups in total. The fourth-order valence-corrected chi connectivity index (χ4v) is 5.57. The average molecular weight is 484 g/mol. The Labute approximate surface area is 187 Å². The number of sulfonamides is 1. The standard InChI is InChI=1S/C20H15Cl2NO5S2/c1-10-8-17(11(2)7-14(10)22)30(27,28)23-15-9-16(12-3-5-13(21)6-4-12)29-19(15)18(24)20(25)26/h3-9,23H,1-2H3,(H,25,26). The number of hydrogen-bond donors (Lipinski definition) is 2. The smallest absolute Gasteiger partial charge is 0.378 e. The Balaban J connectivity index is 2.10. The van der Waals surface area contributed by atoms with Crippen LogP contribution in [0.5, 0.6) is 0 Å². The maximum absolute atomic E-state index is 13.0. The Kier molecular flexibility index (Phi) is 6.24. The van der Waals surface area contributed by atoms with E-state index in [0.717, 1.165) is 11.3 Å². The SMILES string of the molecule is Cc1cc(S(=O)(=O)Nc2cc(-c3ccc(Cl)cc3)sc2C(=O)C(=O)O)c(C)cc1Cl. The fraction of sp³-hybridized carbons (Fsp3) is 0.100. The van der Waals surface area contributed by atoms with Crippen molar-refractivity contribution in [3.05, 3.63) is 68.5 Å². The Morgan fingerprint density at radius 1 is 1.00 bits per heavy atom. The van der Waals surface area contributed by atoms with E-state index < -0.39 is 21.8 Å². The number of anilines is 1. The molecule has 0 fully saturated rings. The molecule has 0 aliphatic carbocycles. The predicted octanol–water partition coefficient (Wildman–Crippen LogP) is 5.41. The van der Waals surface area contributed by atoms with E-state index >= 15 is 0 Å². The molecule has 0 amide bonds. The van der Waals surface area contributed by atoms with E-state index in [1.54, 1.807) is 38.1 Å². The number of carbonyl (C=O) groups excluding carboxylic acids is 1. The molecule has 0 spiro atoms. The topological polar surface area (TPSA) is 101 Å². The quantitative estimate of drug-likeness (QED) is 0.360. The summed E-state index contributed by atoms with van der Waals surface area (Å²) in [7, 11) is -4.11. The number of ketones is 1. The molecule has 6 nitrogen and oxygen atoms in total. The van der Waals surface area contributed by atoms with Crippen LogP contribution in [0, 0.1) is 13.8 Å². The zero-order valence-corrected chi connectivity index (χ0v) is 18.8. The van der Waals surface area contributed by atoms with Gasteiger partial charge in [-0.1, -0.05) is 35.3 Å². The molecule has 0 radical (unpaired) electrons. The van der Waals surface area contributed by atoms with Gasteiger partial charge in [0.25, 0.3) is 15.8 Å². The molecule has 0 saturated heterocycles. The van der Waals surface area contributed by atoms with Crippen LogP contribution in [0.4, 0.5) is 5.69 Å². The van der Waals surface area contributed by atoms with Crippen molar-refractivity contribution in [1.29, 1.82) is 0 Å². The molecule has 0 saturated carbocycles. The maximum Gasteiger partial charge on any atom is 0.378 e. The van der Waals surface area contributed by atoms with Crippen LogP contribution < -0.4 is 4.72 Å². The van der Waals surface area contributed by atoms with Crippen LogP contribution in [0.3, 0.4) is 0 Å². The van der Waals surface area contributed by atoms with Crippen molar-refractivity contribution in [3.8, 4) is 10.4 Å². The second kappa shape index (κ2) is 8.39. The lowest BCUT2D eigenvalue weighted by Gasteiger charge is -2.12. The molecule has 1 heterocycles. The number of thiophene rings is 1. The molecular weight excluding hydrogens is 469 g/mol. The second-order valence-electron chi connectivity index (χ2n) is 6.47. The van der Waals surface area contributed by atoms with Crippen LogP contribution in [-0.4, -0.2) is 25.3 Å². The summed E-state index contributed by atoms with van der Waals surface area (Å²) in [6.45, 7) is 3.26. The first-order valence-corrected chi connectivity index (χ1v) is 11.5. The molecule has 30 heavy (non-hydrogen) atoms. The van der Waals surface area contributed by atoms with E-state index in [-0.39, 0.29) is 15.5 Å².